The van der Waals surface area contributed by atoms with Gasteiger partial charge in [0.25, 0.3) is 5.56 Å². The van der Waals surface area contributed by atoms with Crippen LogP contribution >= 0.6 is 0 Å². The van der Waals surface area contributed by atoms with Gasteiger partial charge in [0.05, 0.1) is 5.69 Å². The van der Waals surface area contributed by atoms with E-state index in [9.17, 15) is 9.59 Å². The zero-order chi connectivity index (χ0) is 21.5. The molecule has 10 heteroatoms. The number of amides is 2. The molecule has 30 heavy (non-hydrogen) atoms. The molecule has 1 aliphatic heterocycles. The third-order valence-corrected chi connectivity index (χ3v) is 4.41. The Kier molecular flexibility index (Phi) is 4.69. The molecular weight excluding hydrogens is 388 g/mol. The summed E-state index contributed by atoms with van der Waals surface area (Å²) in [4.78, 5) is 31.5. The highest BCUT2D eigenvalue weighted by atomic mass is 16.7. The Morgan fingerprint density at radius 2 is 1.90 bits per heavy atom. The summed E-state index contributed by atoms with van der Waals surface area (Å²) in [5.74, 6) is 1.78. The predicted molar refractivity (Wildman–Crippen MR) is 111 cm³/mol. The lowest BCUT2D eigenvalue weighted by atomic mass is 9.92. The molecule has 3 heterocycles. The molecule has 3 N–H and O–H groups in total. The van der Waals surface area contributed by atoms with Crippen LogP contribution < -0.4 is 25.7 Å². The molecule has 2 amide bonds. The summed E-state index contributed by atoms with van der Waals surface area (Å²) in [6.45, 7) is 7.88. The minimum absolute atomic E-state index is 0.154. The van der Waals surface area contributed by atoms with Crippen molar-refractivity contribution in [3.05, 3.63) is 52.1 Å². The number of hydrogen-bond donors (Lipinski definition) is 3. The van der Waals surface area contributed by atoms with Gasteiger partial charge in [0, 0.05) is 35.0 Å². The predicted octanol–water partition coefficient (Wildman–Crippen LogP) is 2.93. The number of aromatic nitrogens is 4. The molecule has 0 aliphatic carbocycles. The number of anilines is 2. The highest BCUT2D eigenvalue weighted by molar-refractivity contribution is 5.99. The minimum atomic E-state index is -0.481. The standard InChI is InChI=1S/C20H22N6O4/c1-11-7-17(27)24-18(21-11)26-16(9-15(25-26)20(2,3)4)23-19(28)22-12-5-6-13-14(8-12)30-10-29-13/h5-9H,10H2,1-4H3,(H,21,24,27)(H2,22,23,28). The Balaban J connectivity index is 1.63. The van der Waals surface area contributed by atoms with Gasteiger partial charge in [-0.2, -0.15) is 9.78 Å². The summed E-state index contributed by atoms with van der Waals surface area (Å²) in [5.41, 5.74) is 1.23. The van der Waals surface area contributed by atoms with Crippen molar-refractivity contribution >= 4 is 17.5 Å². The van der Waals surface area contributed by atoms with Crippen molar-refractivity contribution in [1.29, 1.82) is 0 Å². The second-order valence-corrected chi connectivity index (χ2v) is 7.93. The fourth-order valence-corrected chi connectivity index (χ4v) is 2.91. The number of aryl methyl sites for hydroxylation is 1. The van der Waals surface area contributed by atoms with E-state index in [2.05, 4.69) is 25.7 Å². The van der Waals surface area contributed by atoms with Crippen molar-refractivity contribution < 1.29 is 14.3 Å². The van der Waals surface area contributed by atoms with E-state index in [-0.39, 0.29) is 23.7 Å². The number of urea groups is 1. The number of rotatable bonds is 3. The maximum atomic E-state index is 12.6. The summed E-state index contributed by atoms with van der Waals surface area (Å²) in [6, 6.07) is 7.77. The molecule has 2 aromatic heterocycles. The topological polar surface area (TPSA) is 123 Å². The van der Waals surface area contributed by atoms with Crippen molar-refractivity contribution in [2.45, 2.75) is 33.1 Å². The van der Waals surface area contributed by atoms with E-state index in [1.165, 1.54) is 10.7 Å². The maximum absolute atomic E-state index is 12.6. The fraction of sp³-hybridized carbons (Fsp3) is 0.300. The molecule has 156 valence electrons. The molecule has 1 aliphatic rings. The molecule has 4 rings (SSSR count). The van der Waals surface area contributed by atoms with Crippen molar-refractivity contribution in [2.24, 2.45) is 0 Å². The first kappa shape index (κ1) is 19.5. The van der Waals surface area contributed by atoms with Crippen LogP contribution in [-0.2, 0) is 5.41 Å². The fourth-order valence-electron chi connectivity index (χ4n) is 2.91. The summed E-state index contributed by atoms with van der Waals surface area (Å²) in [6.07, 6.45) is 0. The largest absolute Gasteiger partial charge is 0.454 e. The second kappa shape index (κ2) is 7.21. The molecular formula is C20H22N6O4. The third-order valence-electron chi connectivity index (χ3n) is 4.41. The zero-order valence-corrected chi connectivity index (χ0v) is 17.1. The van der Waals surface area contributed by atoms with Crippen molar-refractivity contribution in [3.63, 3.8) is 0 Å². The molecule has 0 unspecified atom stereocenters. The summed E-state index contributed by atoms with van der Waals surface area (Å²) in [5, 5.41) is 10.1. The highest BCUT2D eigenvalue weighted by Gasteiger charge is 2.23. The van der Waals surface area contributed by atoms with Crippen LogP contribution in [0.1, 0.15) is 32.2 Å². The summed E-state index contributed by atoms with van der Waals surface area (Å²) in [7, 11) is 0. The lowest BCUT2D eigenvalue weighted by Gasteiger charge is -2.13. The lowest BCUT2D eigenvalue weighted by molar-refractivity contribution is 0.174. The Labute approximate surface area is 172 Å². The van der Waals surface area contributed by atoms with Gasteiger partial charge < -0.3 is 14.8 Å². The van der Waals surface area contributed by atoms with Crippen LogP contribution in [0.15, 0.2) is 35.1 Å². The number of carbonyl (C=O) groups excluding carboxylic acids is 1. The van der Waals surface area contributed by atoms with E-state index in [0.717, 1.165) is 5.69 Å². The summed E-state index contributed by atoms with van der Waals surface area (Å²) < 4.78 is 12.0. The van der Waals surface area contributed by atoms with Crippen LogP contribution in [0.3, 0.4) is 0 Å². The molecule has 0 atom stereocenters. The Hall–Kier alpha value is -3.82. The Morgan fingerprint density at radius 3 is 2.63 bits per heavy atom. The van der Waals surface area contributed by atoms with E-state index in [4.69, 9.17) is 9.47 Å². The number of H-pyrrole nitrogens is 1. The van der Waals surface area contributed by atoms with Crippen LogP contribution in [0, 0.1) is 6.92 Å². The van der Waals surface area contributed by atoms with Crippen molar-refractivity contribution in [3.8, 4) is 17.4 Å². The first-order valence-electron chi connectivity index (χ1n) is 9.35. The average molecular weight is 410 g/mol. The van der Waals surface area contributed by atoms with Gasteiger partial charge in [0.1, 0.15) is 5.82 Å². The van der Waals surface area contributed by atoms with Gasteiger partial charge in [-0.25, -0.2) is 9.78 Å². The van der Waals surface area contributed by atoms with Crippen molar-refractivity contribution in [1.82, 2.24) is 19.7 Å². The van der Waals surface area contributed by atoms with E-state index in [1.807, 2.05) is 20.8 Å². The molecule has 0 saturated carbocycles. The highest BCUT2D eigenvalue weighted by Crippen LogP contribution is 2.34. The first-order chi connectivity index (χ1) is 14.2. The third kappa shape index (κ3) is 3.97. The van der Waals surface area contributed by atoms with Gasteiger partial charge in [-0.15, -0.1) is 0 Å². The number of fused-ring (bicyclic) bond motifs is 1. The average Bonchev–Trinajstić information content (AvgIpc) is 3.27. The quantitative estimate of drug-likeness (QED) is 0.610. The summed E-state index contributed by atoms with van der Waals surface area (Å²) >= 11 is 0. The molecule has 0 bridgehead atoms. The van der Waals surface area contributed by atoms with E-state index >= 15 is 0 Å². The van der Waals surface area contributed by atoms with Gasteiger partial charge in [-0.05, 0) is 19.1 Å². The number of hydrogen-bond acceptors (Lipinski definition) is 6. The molecule has 1 aromatic carbocycles. The van der Waals surface area contributed by atoms with E-state index in [0.29, 0.717) is 28.7 Å². The monoisotopic (exact) mass is 410 g/mol. The van der Waals surface area contributed by atoms with Crippen LogP contribution in [-0.4, -0.2) is 32.6 Å². The first-order valence-corrected chi connectivity index (χ1v) is 9.35. The van der Waals surface area contributed by atoms with Gasteiger partial charge in [0.2, 0.25) is 12.7 Å². The van der Waals surface area contributed by atoms with Gasteiger partial charge in [-0.1, -0.05) is 20.8 Å². The maximum Gasteiger partial charge on any atom is 0.324 e. The van der Waals surface area contributed by atoms with Crippen LogP contribution in [0.25, 0.3) is 5.95 Å². The molecule has 0 radical (unpaired) electrons. The lowest BCUT2D eigenvalue weighted by Crippen LogP contribution is -2.22. The van der Waals surface area contributed by atoms with Gasteiger partial charge in [-0.3, -0.25) is 15.1 Å². The number of aromatic amines is 1. The zero-order valence-electron chi connectivity index (χ0n) is 17.1. The minimum Gasteiger partial charge on any atom is -0.454 e. The molecule has 0 spiro atoms. The SMILES string of the molecule is Cc1cc(=O)[nH]c(-n2nc(C(C)(C)C)cc2NC(=O)Nc2ccc3c(c2)OCO3)n1. The van der Waals surface area contributed by atoms with Crippen LogP contribution in [0.2, 0.25) is 0 Å². The van der Waals surface area contributed by atoms with Crippen molar-refractivity contribution in [2.75, 3.05) is 17.4 Å². The van der Waals surface area contributed by atoms with Crippen LogP contribution in [0.4, 0.5) is 16.3 Å². The number of nitrogens with one attached hydrogen (secondary N) is 3. The molecule has 0 fully saturated rings. The molecule has 0 saturated heterocycles. The smallest absolute Gasteiger partial charge is 0.324 e. The normalized spacial score (nSPS) is 12.7. The molecule has 3 aromatic rings. The Morgan fingerprint density at radius 1 is 1.13 bits per heavy atom. The van der Waals surface area contributed by atoms with Gasteiger partial charge >= 0.3 is 6.03 Å². The number of carbonyl (C=O) groups is 1. The van der Waals surface area contributed by atoms with Gasteiger partial charge in [0.15, 0.2) is 11.5 Å². The molecule has 10 nitrogen and oxygen atoms in total. The number of benzene rings is 1. The van der Waals surface area contributed by atoms with Crippen LogP contribution in [0.5, 0.6) is 11.5 Å². The van der Waals surface area contributed by atoms with E-state index in [1.54, 1.807) is 31.2 Å². The van der Waals surface area contributed by atoms with E-state index < -0.39 is 6.03 Å². The second-order valence-electron chi connectivity index (χ2n) is 7.93. The Bertz CT molecular complexity index is 1170. The number of nitrogens with zero attached hydrogens (tertiary/aromatic N) is 3. The number of ether oxygens (including phenoxy) is 2.